The van der Waals surface area contributed by atoms with E-state index in [0.717, 1.165) is 5.01 Å². The predicted molar refractivity (Wildman–Crippen MR) is 88.6 cm³/mol. The number of nitrogens with zero attached hydrogens (tertiary/aromatic N) is 2. The first-order chi connectivity index (χ1) is 11.2. The van der Waals surface area contributed by atoms with E-state index < -0.39 is 0 Å². The molecule has 0 bridgehead atoms. The topological polar surface area (TPSA) is 73.3 Å². The maximum absolute atomic E-state index is 12.4. The van der Waals surface area contributed by atoms with Crippen LogP contribution < -0.4 is 14.8 Å². The van der Waals surface area contributed by atoms with Crippen molar-refractivity contribution in [1.29, 1.82) is 0 Å². The average molecular weight is 333 g/mol. The molecule has 1 aliphatic carbocycles. The molecule has 1 heterocycles. The summed E-state index contributed by atoms with van der Waals surface area (Å²) in [6.45, 7) is 4.85. The summed E-state index contributed by atoms with van der Waals surface area (Å²) in [5.74, 6) is 1.51. The van der Waals surface area contributed by atoms with E-state index in [1.54, 1.807) is 18.2 Å². The van der Waals surface area contributed by atoms with Crippen LogP contribution in [0.2, 0.25) is 0 Å². The second-order valence-corrected chi connectivity index (χ2v) is 6.21. The lowest BCUT2D eigenvalue weighted by Crippen LogP contribution is -2.12. The first-order valence-electron chi connectivity index (χ1n) is 7.75. The molecule has 1 saturated carbocycles. The Hall–Kier alpha value is -2.15. The second kappa shape index (κ2) is 6.95. The van der Waals surface area contributed by atoms with Crippen molar-refractivity contribution in [2.24, 2.45) is 0 Å². The Morgan fingerprint density at radius 3 is 2.65 bits per heavy atom. The van der Waals surface area contributed by atoms with Gasteiger partial charge < -0.3 is 9.47 Å². The fourth-order valence-corrected chi connectivity index (χ4v) is 3.05. The number of hydrogen-bond donors (Lipinski definition) is 1. The highest BCUT2D eigenvalue weighted by Crippen LogP contribution is 2.42. The molecule has 0 saturated heterocycles. The summed E-state index contributed by atoms with van der Waals surface area (Å²) in [7, 11) is 0. The molecule has 0 spiro atoms. The molecule has 7 heteroatoms. The number of carbonyl (C=O) groups excluding carboxylic acids is 1. The minimum absolute atomic E-state index is 0.229. The number of ether oxygens (including phenoxy) is 2. The molecule has 1 aromatic heterocycles. The van der Waals surface area contributed by atoms with Gasteiger partial charge in [0.2, 0.25) is 5.13 Å². The third-order valence-corrected chi connectivity index (χ3v) is 4.39. The van der Waals surface area contributed by atoms with Crippen LogP contribution in [0.5, 0.6) is 11.5 Å². The monoisotopic (exact) mass is 333 g/mol. The van der Waals surface area contributed by atoms with Crippen LogP contribution in [0.25, 0.3) is 0 Å². The number of aromatic nitrogens is 2. The van der Waals surface area contributed by atoms with Crippen LogP contribution in [0.4, 0.5) is 5.13 Å². The summed E-state index contributed by atoms with van der Waals surface area (Å²) in [5, 5.41) is 12.5. The van der Waals surface area contributed by atoms with Gasteiger partial charge in [0.25, 0.3) is 5.91 Å². The Morgan fingerprint density at radius 2 is 1.96 bits per heavy atom. The molecule has 0 aliphatic heterocycles. The van der Waals surface area contributed by atoms with Crippen molar-refractivity contribution in [2.75, 3.05) is 18.5 Å². The molecule has 23 heavy (non-hydrogen) atoms. The zero-order valence-electron chi connectivity index (χ0n) is 13.2. The van der Waals surface area contributed by atoms with Gasteiger partial charge in [-0.25, -0.2) is 0 Å². The summed E-state index contributed by atoms with van der Waals surface area (Å²) in [5.41, 5.74) is 0.500. The van der Waals surface area contributed by atoms with Gasteiger partial charge in [-0.05, 0) is 44.9 Å². The summed E-state index contributed by atoms with van der Waals surface area (Å²) in [6.07, 6.45) is 2.33. The van der Waals surface area contributed by atoms with Crippen LogP contribution in [-0.4, -0.2) is 29.3 Å². The summed E-state index contributed by atoms with van der Waals surface area (Å²) in [6, 6.07) is 5.15. The summed E-state index contributed by atoms with van der Waals surface area (Å²) < 4.78 is 11.0. The Bertz CT molecular complexity index is 698. The highest BCUT2D eigenvalue weighted by Gasteiger charge is 2.27. The predicted octanol–water partition coefficient (Wildman–Crippen LogP) is 3.47. The first kappa shape index (κ1) is 15.7. The molecule has 0 unspecified atom stereocenters. The molecular formula is C16H19N3O3S. The van der Waals surface area contributed by atoms with Crippen molar-refractivity contribution >= 4 is 22.4 Å². The number of rotatable bonds is 7. The average Bonchev–Trinajstić information content (AvgIpc) is 3.29. The standard InChI is InChI=1S/C16H19N3O3S/c1-3-21-12-8-7-11(9-13(12)22-4-2)14(20)17-16-19-18-15(23-16)10-5-6-10/h7-10H,3-6H2,1-2H3,(H,17,19,20). The molecule has 0 atom stereocenters. The maximum Gasteiger partial charge on any atom is 0.257 e. The lowest BCUT2D eigenvalue weighted by molar-refractivity contribution is 0.102. The molecule has 1 aromatic carbocycles. The van der Waals surface area contributed by atoms with E-state index >= 15 is 0 Å². The molecule has 0 radical (unpaired) electrons. The first-order valence-corrected chi connectivity index (χ1v) is 8.57. The van der Waals surface area contributed by atoms with Crippen molar-refractivity contribution in [2.45, 2.75) is 32.6 Å². The molecule has 1 N–H and O–H groups in total. The molecule has 2 aromatic rings. The molecule has 1 fully saturated rings. The third-order valence-electron chi connectivity index (χ3n) is 3.39. The van der Waals surface area contributed by atoms with Gasteiger partial charge in [0, 0.05) is 11.5 Å². The van der Waals surface area contributed by atoms with Gasteiger partial charge in [-0.1, -0.05) is 11.3 Å². The van der Waals surface area contributed by atoms with E-state index in [1.165, 1.54) is 24.2 Å². The summed E-state index contributed by atoms with van der Waals surface area (Å²) in [4.78, 5) is 12.4. The van der Waals surface area contributed by atoms with Crippen molar-refractivity contribution in [3.05, 3.63) is 28.8 Å². The van der Waals surface area contributed by atoms with Crippen LogP contribution >= 0.6 is 11.3 Å². The number of anilines is 1. The second-order valence-electron chi connectivity index (χ2n) is 5.20. The Labute approximate surface area is 138 Å². The van der Waals surface area contributed by atoms with Crippen molar-refractivity contribution in [1.82, 2.24) is 10.2 Å². The van der Waals surface area contributed by atoms with Crippen LogP contribution in [0, 0.1) is 0 Å². The minimum Gasteiger partial charge on any atom is -0.490 e. The lowest BCUT2D eigenvalue weighted by atomic mass is 10.2. The van der Waals surface area contributed by atoms with Crippen molar-refractivity contribution in [3.8, 4) is 11.5 Å². The quantitative estimate of drug-likeness (QED) is 0.840. The minimum atomic E-state index is -0.229. The molecule has 1 amide bonds. The van der Waals surface area contributed by atoms with Gasteiger partial charge in [0.05, 0.1) is 13.2 Å². The van der Waals surface area contributed by atoms with Gasteiger partial charge in [0.15, 0.2) is 11.5 Å². The number of carbonyl (C=O) groups is 1. The molecular weight excluding hydrogens is 314 g/mol. The number of benzene rings is 1. The Morgan fingerprint density at radius 1 is 1.22 bits per heavy atom. The molecule has 6 nitrogen and oxygen atoms in total. The number of amides is 1. The lowest BCUT2D eigenvalue weighted by Gasteiger charge is -2.12. The van der Waals surface area contributed by atoms with E-state index in [9.17, 15) is 4.79 Å². The third kappa shape index (κ3) is 3.79. The van der Waals surface area contributed by atoms with Gasteiger partial charge in [-0.15, -0.1) is 10.2 Å². The fraction of sp³-hybridized carbons (Fsp3) is 0.438. The molecule has 3 rings (SSSR count). The van der Waals surface area contributed by atoms with Crippen molar-refractivity contribution in [3.63, 3.8) is 0 Å². The largest absolute Gasteiger partial charge is 0.490 e. The fourth-order valence-electron chi connectivity index (χ4n) is 2.14. The van der Waals surface area contributed by atoms with Gasteiger partial charge in [0.1, 0.15) is 5.01 Å². The SMILES string of the molecule is CCOc1ccc(C(=O)Nc2nnc(C3CC3)s2)cc1OCC. The molecule has 122 valence electrons. The van der Waals surface area contributed by atoms with E-state index in [-0.39, 0.29) is 5.91 Å². The summed E-state index contributed by atoms with van der Waals surface area (Å²) >= 11 is 1.44. The van der Waals surface area contributed by atoms with E-state index in [2.05, 4.69) is 15.5 Å². The zero-order chi connectivity index (χ0) is 16.2. The smallest absolute Gasteiger partial charge is 0.257 e. The van der Waals surface area contributed by atoms with Crippen LogP contribution in [0.1, 0.15) is 48.0 Å². The zero-order valence-corrected chi connectivity index (χ0v) is 14.0. The van der Waals surface area contributed by atoms with Crippen LogP contribution in [0.3, 0.4) is 0 Å². The van der Waals surface area contributed by atoms with E-state index in [0.29, 0.717) is 41.3 Å². The molecule has 1 aliphatic rings. The van der Waals surface area contributed by atoms with E-state index in [1.807, 2.05) is 13.8 Å². The Balaban J connectivity index is 1.73. The van der Waals surface area contributed by atoms with Gasteiger partial charge >= 0.3 is 0 Å². The van der Waals surface area contributed by atoms with Gasteiger partial charge in [-0.2, -0.15) is 0 Å². The van der Waals surface area contributed by atoms with E-state index in [4.69, 9.17) is 9.47 Å². The highest BCUT2D eigenvalue weighted by molar-refractivity contribution is 7.15. The van der Waals surface area contributed by atoms with Crippen LogP contribution in [0.15, 0.2) is 18.2 Å². The normalized spacial score (nSPS) is 13.7. The number of hydrogen-bond acceptors (Lipinski definition) is 6. The maximum atomic E-state index is 12.4. The van der Waals surface area contributed by atoms with Crippen LogP contribution in [-0.2, 0) is 0 Å². The van der Waals surface area contributed by atoms with Crippen molar-refractivity contribution < 1.29 is 14.3 Å². The van der Waals surface area contributed by atoms with Gasteiger partial charge in [-0.3, -0.25) is 10.1 Å². The highest BCUT2D eigenvalue weighted by atomic mass is 32.1. The number of nitrogens with one attached hydrogen (secondary N) is 1. The Kier molecular flexibility index (Phi) is 4.76.